The van der Waals surface area contributed by atoms with Gasteiger partial charge >= 0.3 is 5.97 Å². The van der Waals surface area contributed by atoms with Gasteiger partial charge in [-0.1, -0.05) is 0 Å². The van der Waals surface area contributed by atoms with E-state index in [9.17, 15) is 4.79 Å². The van der Waals surface area contributed by atoms with Crippen molar-refractivity contribution in [2.45, 2.75) is 6.92 Å². The van der Waals surface area contributed by atoms with Crippen LogP contribution in [0.15, 0.2) is 6.20 Å². The zero-order valence-corrected chi connectivity index (χ0v) is 8.90. The molecule has 0 atom stereocenters. The number of rotatable bonds is 5. The van der Waals surface area contributed by atoms with Crippen LogP contribution in [-0.2, 0) is 16.5 Å². The normalized spacial score (nSPS) is 10.3. The lowest BCUT2D eigenvalue weighted by Crippen LogP contribution is -2.12. The van der Waals surface area contributed by atoms with Crippen molar-refractivity contribution in [3.05, 3.63) is 11.9 Å². The maximum Gasteiger partial charge on any atom is 0.361 e. The predicted octanol–water partition coefficient (Wildman–Crippen LogP) is 0.196. The Kier molecular flexibility index (Phi) is 4.11. The van der Waals surface area contributed by atoms with Gasteiger partial charge in [-0.3, -0.25) is 4.68 Å². The Morgan fingerprint density at radius 2 is 2.33 bits per heavy atom. The first-order valence-electron chi connectivity index (χ1n) is 4.69. The van der Waals surface area contributed by atoms with Crippen molar-refractivity contribution in [3.63, 3.8) is 0 Å². The summed E-state index contributed by atoms with van der Waals surface area (Å²) in [5.74, 6) is -0.521. The molecule has 0 saturated heterocycles. The Morgan fingerprint density at radius 1 is 1.60 bits per heavy atom. The molecule has 0 unspecified atom stereocenters. The summed E-state index contributed by atoms with van der Waals surface area (Å²) < 4.78 is 11.4. The maximum absolute atomic E-state index is 11.4. The molecule has 15 heavy (non-hydrogen) atoms. The Balaban J connectivity index is 2.43. The monoisotopic (exact) mass is 213 g/mol. The minimum Gasteiger partial charge on any atom is -0.458 e. The molecule has 0 saturated carbocycles. The van der Waals surface area contributed by atoms with E-state index in [2.05, 4.69) is 5.10 Å². The van der Waals surface area contributed by atoms with Gasteiger partial charge in [0.25, 0.3) is 0 Å². The van der Waals surface area contributed by atoms with Crippen LogP contribution < -0.4 is 5.73 Å². The van der Waals surface area contributed by atoms with Gasteiger partial charge in [-0.25, -0.2) is 4.79 Å². The molecule has 1 aromatic rings. The van der Waals surface area contributed by atoms with Crippen LogP contribution in [0.2, 0.25) is 0 Å². The third kappa shape index (κ3) is 3.25. The number of nitrogens with two attached hydrogens (primary N) is 1. The van der Waals surface area contributed by atoms with E-state index in [-0.39, 0.29) is 12.3 Å². The van der Waals surface area contributed by atoms with Crippen LogP contribution in [0, 0.1) is 0 Å². The second-order valence-electron chi connectivity index (χ2n) is 2.94. The van der Waals surface area contributed by atoms with E-state index in [4.69, 9.17) is 15.2 Å². The predicted molar refractivity (Wildman–Crippen MR) is 54.4 cm³/mol. The second-order valence-corrected chi connectivity index (χ2v) is 2.94. The Bertz CT molecular complexity index is 335. The van der Waals surface area contributed by atoms with Crippen LogP contribution in [0.1, 0.15) is 17.4 Å². The van der Waals surface area contributed by atoms with E-state index >= 15 is 0 Å². The minimum absolute atomic E-state index is 0.147. The van der Waals surface area contributed by atoms with Gasteiger partial charge in [0, 0.05) is 19.9 Å². The van der Waals surface area contributed by atoms with Crippen molar-refractivity contribution in [1.82, 2.24) is 9.78 Å². The second kappa shape index (κ2) is 5.35. The summed E-state index contributed by atoms with van der Waals surface area (Å²) >= 11 is 0. The molecule has 6 heteroatoms. The van der Waals surface area contributed by atoms with E-state index < -0.39 is 5.97 Å². The highest BCUT2D eigenvalue weighted by atomic mass is 16.6. The fourth-order valence-electron chi connectivity index (χ4n) is 1.07. The molecule has 0 aliphatic rings. The molecule has 0 bridgehead atoms. The van der Waals surface area contributed by atoms with Crippen molar-refractivity contribution in [2.75, 3.05) is 25.6 Å². The average Bonchev–Trinajstić information content (AvgIpc) is 2.52. The number of hydrogen-bond acceptors (Lipinski definition) is 5. The van der Waals surface area contributed by atoms with Crippen LogP contribution in [0.4, 0.5) is 5.69 Å². The molecule has 0 aliphatic heterocycles. The van der Waals surface area contributed by atoms with Crippen molar-refractivity contribution in [3.8, 4) is 0 Å². The standard InChI is InChI=1S/C9H15N3O3/c1-3-14-4-5-15-9(13)8-7(10)6-12(2)11-8/h6H,3-5,10H2,1-2H3. The average molecular weight is 213 g/mol. The number of nitrogens with zero attached hydrogens (tertiary/aromatic N) is 2. The van der Waals surface area contributed by atoms with E-state index in [1.807, 2.05) is 6.92 Å². The summed E-state index contributed by atoms with van der Waals surface area (Å²) in [6.45, 7) is 3.07. The number of ether oxygens (including phenoxy) is 2. The molecule has 1 rings (SSSR count). The zero-order valence-electron chi connectivity index (χ0n) is 8.90. The highest BCUT2D eigenvalue weighted by molar-refractivity contribution is 5.92. The van der Waals surface area contributed by atoms with Gasteiger partial charge in [-0.15, -0.1) is 0 Å². The largest absolute Gasteiger partial charge is 0.458 e. The van der Waals surface area contributed by atoms with Crippen LogP contribution in [-0.4, -0.2) is 35.6 Å². The van der Waals surface area contributed by atoms with E-state index in [0.29, 0.717) is 18.9 Å². The first-order chi connectivity index (χ1) is 7.15. The molecule has 1 heterocycles. The van der Waals surface area contributed by atoms with Gasteiger partial charge in [0.1, 0.15) is 6.61 Å². The molecule has 0 fully saturated rings. The quantitative estimate of drug-likeness (QED) is 0.558. The van der Waals surface area contributed by atoms with Crippen LogP contribution in [0.25, 0.3) is 0 Å². The van der Waals surface area contributed by atoms with Gasteiger partial charge < -0.3 is 15.2 Å². The van der Waals surface area contributed by atoms with Crippen molar-refractivity contribution >= 4 is 11.7 Å². The summed E-state index contributed by atoms with van der Waals surface area (Å²) in [6, 6.07) is 0. The summed E-state index contributed by atoms with van der Waals surface area (Å²) in [4.78, 5) is 11.4. The number of anilines is 1. The molecule has 1 aromatic heterocycles. The van der Waals surface area contributed by atoms with E-state index in [1.165, 1.54) is 4.68 Å². The highest BCUT2D eigenvalue weighted by Gasteiger charge is 2.14. The van der Waals surface area contributed by atoms with Gasteiger partial charge in [-0.05, 0) is 6.92 Å². The molecule has 0 spiro atoms. The molecule has 6 nitrogen and oxygen atoms in total. The third-order valence-corrected chi connectivity index (χ3v) is 1.72. The summed E-state index contributed by atoms with van der Waals surface area (Å²) in [6.07, 6.45) is 1.55. The molecule has 84 valence electrons. The van der Waals surface area contributed by atoms with E-state index in [0.717, 1.165) is 0 Å². The number of aryl methyl sites for hydroxylation is 1. The Hall–Kier alpha value is -1.56. The Morgan fingerprint density at radius 3 is 2.87 bits per heavy atom. The van der Waals surface area contributed by atoms with Crippen LogP contribution in [0.5, 0.6) is 0 Å². The lowest BCUT2D eigenvalue weighted by atomic mass is 10.4. The molecule has 0 radical (unpaired) electrons. The lowest BCUT2D eigenvalue weighted by molar-refractivity contribution is 0.0330. The molecular formula is C9H15N3O3. The summed E-state index contributed by atoms with van der Waals surface area (Å²) in [5, 5.41) is 3.89. The number of esters is 1. The number of carbonyl (C=O) groups is 1. The maximum atomic E-state index is 11.4. The van der Waals surface area contributed by atoms with Gasteiger partial charge in [0.05, 0.1) is 12.3 Å². The zero-order chi connectivity index (χ0) is 11.3. The third-order valence-electron chi connectivity index (χ3n) is 1.72. The number of hydrogen-bond donors (Lipinski definition) is 1. The minimum atomic E-state index is -0.521. The molecule has 0 aromatic carbocycles. The smallest absolute Gasteiger partial charge is 0.361 e. The van der Waals surface area contributed by atoms with Crippen molar-refractivity contribution < 1.29 is 14.3 Å². The number of nitrogen functional groups attached to an aromatic ring is 1. The fraction of sp³-hybridized carbons (Fsp3) is 0.556. The number of aromatic nitrogens is 2. The van der Waals surface area contributed by atoms with Crippen molar-refractivity contribution in [2.24, 2.45) is 7.05 Å². The molecular weight excluding hydrogens is 198 g/mol. The Labute approximate surface area is 88.0 Å². The first-order valence-corrected chi connectivity index (χ1v) is 4.69. The van der Waals surface area contributed by atoms with Crippen molar-refractivity contribution in [1.29, 1.82) is 0 Å². The molecule has 0 aliphatic carbocycles. The molecule has 2 N–H and O–H groups in total. The SMILES string of the molecule is CCOCCOC(=O)c1nn(C)cc1N. The topological polar surface area (TPSA) is 79.4 Å². The lowest BCUT2D eigenvalue weighted by Gasteiger charge is -2.02. The van der Waals surface area contributed by atoms with Crippen LogP contribution >= 0.6 is 0 Å². The van der Waals surface area contributed by atoms with Gasteiger partial charge in [-0.2, -0.15) is 5.10 Å². The van der Waals surface area contributed by atoms with Crippen LogP contribution in [0.3, 0.4) is 0 Å². The highest BCUT2D eigenvalue weighted by Crippen LogP contribution is 2.09. The fourth-order valence-corrected chi connectivity index (χ4v) is 1.07. The number of carbonyl (C=O) groups excluding carboxylic acids is 1. The molecule has 0 amide bonds. The van der Waals surface area contributed by atoms with Gasteiger partial charge in [0.2, 0.25) is 0 Å². The summed E-state index contributed by atoms with van der Waals surface area (Å²) in [5.41, 5.74) is 6.02. The van der Waals surface area contributed by atoms with Gasteiger partial charge in [0.15, 0.2) is 5.69 Å². The first kappa shape index (κ1) is 11.5. The van der Waals surface area contributed by atoms with E-state index in [1.54, 1.807) is 13.2 Å². The summed E-state index contributed by atoms with van der Waals surface area (Å²) in [7, 11) is 1.69.